The lowest BCUT2D eigenvalue weighted by Gasteiger charge is -2.29. The quantitative estimate of drug-likeness (QED) is 0.230. The third-order valence-electron chi connectivity index (χ3n) is 5.40. The molecule has 0 aliphatic carbocycles. The van der Waals surface area contributed by atoms with Gasteiger partial charge in [0.15, 0.2) is 18.4 Å². The molecule has 1 aromatic carbocycles. The summed E-state index contributed by atoms with van der Waals surface area (Å²) < 4.78 is 12.6. The van der Waals surface area contributed by atoms with Crippen molar-refractivity contribution in [2.45, 2.75) is 38.5 Å². The maximum atomic E-state index is 12.3. The zero-order valence-electron chi connectivity index (χ0n) is 18.4. The maximum Gasteiger partial charge on any atom is 0.265 e. The van der Waals surface area contributed by atoms with Crippen LogP contribution in [0.3, 0.4) is 0 Å². The van der Waals surface area contributed by atoms with Crippen molar-refractivity contribution in [1.82, 2.24) is 25.4 Å². The molecule has 32 heavy (non-hydrogen) atoms. The number of halogens is 1. The number of carbonyl (C=O) groups is 1. The lowest BCUT2D eigenvalue weighted by atomic mass is 10.1. The van der Waals surface area contributed by atoms with E-state index in [0.29, 0.717) is 19.7 Å². The van der Waals surface area contributed by atoms with Crippen LogP contribution in [0.5, 0.6) is 5.75 Å². The van der Waals surface area contributed by atoms with Gasteiger partial charge in [0.05, 0.1) is 12.2 Å². The van der Waals surface area contributed by atoms with E-state index in [1.807, 2.05) is 28.9 Å². The molecule has 1 aromatic heterocycles. The van der Waals surface area contributed by atoms with Crippen LogP contribution in [0.1, 0.15) is 24.5 Å². The highest BCUT2D eigenvalue weighted by Crippen LogP contribution is 2.31. The molecule has 10 nitrogen and oxygen atoms in total. The van der Waals surface area contributed by atoms with Crippen LogP contribution < -0.4 is 20.3 Å². The standard InChI is InChI=1S/C21H29N7O3.HI/c1-22-21(24-15-8-9-19-25-18(13-30-2)26-28(19)12-15)23-10-5-11-27-16-6-3-4-7-17(16)31-14-20(27)29;/h3-4,6-7,15H,5,8-14H2,1-2H3,(H2,22,23,24);1H. The first-order chi connectivity index (χ1) is 15.2. The molecule has 2 aliphatic rings. The summed E-state index contributed by atoms with van der Waals surface area (Å²) in [5.74, 6) is 3.22. The molecule has 2 N–H and O–H groups in total. The van der Waals surface area contributed by atoms with Gasteiger partial charge in [0.25, 0.3) is 5.91 Å². The maximum absolute atomic E-state index is 12.3. The SMILES string of the molecule is CN=C(NCCCN1C(=O)COc2ccccc21)NC1CCc2nc(COC)nn2C1.I. The fourth-order valence-electron chi connectivity index (χ4n) is 3.90. The first-order valence-electron chi connectivity index (χ1n) is 10.6. The number of para-hydroxylation sites is 2. The number of fused-ring (bicyclic) bond motifs is 2. The number of anilines is 1. The predicted octanol–water partition coefficient (Wildman–Crippen LogP) is 1.34. The number of rotatable bonds is 7. The second-order valence-corrected chi connectivity index (χ2v) is 7.59. The number of nitrogens with zero attached hydrogens (tertiary/aromatic N) is 5. The Balaban J connectivity index is 0.00000289. The Morgan fingerprint density at radius 2 is 2.22 bits per heavy atom. The summed E-state index contributed by atoms with van der Waals surface area (Å²) in [4.78, 5) is 22.9. The van der Waals surface area contributed by atoms with E-state index in [1.54, 1.807) is 19.1 Å². The van der Waals surface area contributed by atoms with Gasteiger partial charge in [-0.25, -0.2) is 9.67 Å². The summed E-state index contributed by atoms with van der Waals surface area (Å²) in [6.07, 6.45) is 2.62. The molecule has 0 radical (unpaired) electrons. The monoisotopic (exact) mass is 555 g/mol. The fourth-order valence-corrected chi connectivity index (χ4v) is 3.90. The summed E-state index contributed by atoms with van der Waals surface area (Å²) in [5.41, 5.74) is 0.833. The van der Waals surface area contributed by atoms with Gasteiger partial charge in [-0.05, 0) is 25.0 Å². The fraction of sp³-hybridized carbons (Fsp3) is 0.524. The molecule has 3 heterocycles. The van der Waals surface area contributed by atoms with E-state index in [9.17, 15) is 4.79 Å². The van der Waals surface area contributed by atoms with Crippen molar-refractivity contribution in [2.24, 2.45) is 4.99 Å². The van der Waals surface area contributed by atoms with Crippen LogP contribution in [0, 0.1) is 0 Å². The molecule has 0 fully saturated rings. The van der Waals surface area contributed by atoms with Gasteiger partial charge in [0, 0.05) is 39.7 Å². The Morgan fingerprint density at radius 3 is 3.03 bits per heavy atom. The van der Waals surface area contributed by atoms with Gasteiger partial charge in [0.1, 0.15) is 18.2 Å². The van der Waals surface area contributed by atoms with Crippen molar-refractivity contribution in [1.29, 1.82) is 0 Å². The topological polar surface area (TPSA) is 106 Å². The number of hydrogen-bond acceptors (Lipinski definition) is 6. The van der Waals surface area contributed by atoms with Gasteiger partial charge >= 0.3 is 0 Å². The van der Waals surface area contributed by atoms with Crippen LogP contribution in [0.25, 0.3) is 0 Å². The van der Waals surface area contributed by atoms with Crippen LogP contribution in [-0.4, -0.2) is 66.5 Å². The number of aromatic nitrogens is 3. The number of hydrogen-bond donors (Lipinski definition) is 2. The Kier molecular flexibility index (Phi) is 8.67. The zero-order chi connectivity index (χ0) is 21.6. The molecule has 0 saturated carbocycles. The van der Waals surface area contributed by atoms with Gasteiger partial charge in [-0.2, -0.15) is 5.10 Å². The summed E-state index contributed by atoms with van der Waals surface area (Å²) in [5, 5.41) is 11.3. The third-order valence-corrected chi connectivity index (χ3v) is 5.40. The van der Waals surface area contributed by atoms with Gasteiger partial charge in [-0.15, -0.1) is 24.0 Å². The number of guanidine groups is 1. The van der Waals surface area contributed by atoms with E-state index in [-0.39, 0.29) is 42.5 Å². The first-order valence-corrected chi connectivity index (χ1v) is 10.6. The molecule has 11 heteroatoms. The van der Waals surface area contributed by atoms with E-state index in [1.165, 1.54) is 0 Å². The molecule has 4 rings (SSSR count). The van der Waals surface area contributed by atoms with E-state index >= 15 is 0 Å². The smallest absolute Gasteiger partial charge is 0.265 e. The van der Waals surface area contributed by atoms with Crippen LogP contribution in [0.4, 0.5) is 5.69 Å². The molecule has 0 saturated heterocycles. The minimum Gasteiger partial charge on any atom is -0.482 e. The Morgan fingerprint density at radius 1 is 1.38 bits per heavy atom. The third kappa shape index (κ3) is 5.68. The van der Waals surface area contributed by atoms with Crippen LogP contribution >= 0.6 is 24.0 Å². The van der Waals surface area contributed by atoms with Crippen molar-refractivity contribution >= 4 is 41.5 Å². The number of ether oxygens (including phenoxy) is 2. The molecular formula is C21H30IN7O3. The number of amides is 1. The number of methoxy groups -OCH3 is 1. The largest absolute Gasteiger partial charge is 0.482 e. The van der Waals surface area contributed by atoms with Gasteiger partial charge < -0.3 is 25.0 Å². The number of benzene rings is 1. The summed E-state index contributed by atoms with van der Waals surface area (Å²) in [7, 11) is 3.41. The normalized spacial score (nSPS) is 17.7. The van der Waals surface area contributed by atoms with Crippen LogP contribution in [-0.2, 0) is 29.1 Å². The molecule has 1 amide bonds. The summed E-state index contributed by atoms with van der Waals surface area (Å²) >= 11 is 0. The molecule has 0 bridgehead atoms. The summed E-state index contributed by atoms with van der Waals surface area (Å²) in [6.45, 7) is 2.58. The average molecular weight is 555 g/mol. The van der Waals surface area contributed by atoms with Crippen LogP contribution in [0.2, 0.25) is 0 Å². The van der Waals surface area contributed by atoms with Crippen molar-refractivity contribution in [2.75, 3.05) is 38.8 Å². The van der Waals surface area contributed by atoms with E-state index < -0.39 is 0 Å². The first kappa shape index (κ1) is 24.2. The average Bonchev–Trinajstić information content (AvgIpc) is 3.19. The minimum absolute atomic E-state index is 0. The van der Waals surface area contributed by atoms with Gasteiger partial charge in [-0.1, -0.05) is 12.1 Å². The highest BCUT2D eigenvalue weighted by Gasteiger charge is 2.25. The molecule has 174 valence electrons. The van der Waals surface area contributed by atoms with Crippen molar-refractivity contribution in [3.05, 3.63) is 35.9 Å². The minimum atomic E-state index is -0.0140. The lowest BCUT2D eigenvalue weighted by Crippen LogP contribution is -2.47. The Bertz CT molecular complexity index is 949. The Labute approximate surface area is 204 Å². The molecule has 2 aromatic rings. The second-order valence-electron chi connectivity index (χ2n) is 7.59. The number of nitrogens with one attached hydrogen (secondary N) is 2. The molecule has 0 spiro atoms. The Hall–Kier alpha value is -2.41. The van der Waals surface area contributed by atoms with E-state index in [4.69, 9.17) is 9.47 Å². The van der Waals surface area contributed by atoms with Crippen molar-refractivity contribution in [3.63, 3.8) is 0 Å². The zero-order valence-corrected chi connectivity index (χ0v) is 20.7. The molecule has 2 aliphatic heterocycles. The summed E-state index contributed by atoms with van der Waals surface area (Å²) in [6, 6.07) is 7.86. The van der Waals surface area contributed by atoms with Gasteiger partial charge in [-0.3, -0.25) is 9.79 Å². The second kappa shape index (κ2) is 11.5. The number of carbonyl (C=O) groups excluding carboxylic acids is 1. The number of aliphatic imine (C=N–C) groups is 1. The molecular weight excluding hydrogens is 525 g/mol. The van der Waals surface area contributed by atoms with E-state index in [2.05, 4.69) is 25.7 Å². The molecule has 1 atom stereocenters. The predicted molar refractivity (Wildman–Crippen MR) is 132 cm³/mol. The highest BCUT2D eigenvalue weighted by molar-refractivity contribution is 14.0. The lowest BCUT2D eigenvalue weighted by molar-refractivity contribution is -0.121. The van der Waals surface area contributed by atoms with Crippen molar-refractivity contribution < 1.29 is 14.3 Å². The van der Waals surface area contributed by atoms with Gasteiger partial charge in [0.2, 0.25) is 0 Å². The number of aryl methyl sites for hydroxylation is 1. The van der Waals surface area contributed by atoms with Crippen molar-refractivity contribution in [3.8, 4) is 5.75 Å². The highest BCUT2D eigenvalue weighted by atomic mass is 127. The molecule has 1 unspecified atom stereocenters. The van der Waals surface area contributed by atoms with Crippen LogP contribution in [0.15, 0.2) is 29.3 Å². The van der Waals surface area contributed by atoms with E-state index in [0.717, 1.165) is 54.9 Å².